The lowest BCUT2D eigenvalue weighted by Crippen LogP contribution is -2.51. The zero-order valence-electron chi connectivity index (χ0n) is 16.5. The summed E-state index contributed by atoms with van der Waals surface area (Å²) in [6, 6.07) is 14.3. The molecular formula is C21H28FN3O2S. The minimum absolute atomic E-state index is 0.260. The predicted molar refractivity (Wildman–Crippen MR) is 112 cm³/mol. The fraction of sp³-hybridized carbons (Fsp3) is 0.429. The number of hydrogen-bond acceptors (Lipinski definition) is 6. The summed E-state index contributed by atoms with van der Waals surface area (Å²) >= 11 is 1.26. The van der Waals surface area contributed by atoms with Crippen molar-refractivity contribution in [2.24, 2.45) is 0 Å². The fourth-order valence-electron chi connectivity index (χ4n) is 3.10. The topological polar surface area (TPSA) is 28.2 Å². The Labute approximate surface area is 171 Å². The summed E-state index contributed by atoms with van der Waals surface area (Å²) in [5, 5.41) is 2.25. The van der Waals surface area contributed by atoms with E-state index in [0.29, 0.717) is 12.4 Å². The molecule has 0 radical (unpaired) electrons. The SMILES string of the molecule is CCc1ccccc1OCCN1CCN(N(C)SOc2ccc(F)cc2)CC1. The van der Waals surface area contributed by atoms with Gasteiger partial charge < -0.3 is 8.92 Å². The molecule has 0 bridgehead atoms. The third-order valence-electron chi connectivity index (χ3n) is 4.82. The molecule has 7 heteroatoms. The van der Waals surface area contributed by atoms with Gasteiger partial charge >= 0.3 is 0 Å². The Hall–Kier alpha value is -1.80. The van der Waals surface area contributed by atoms with Crippen molar-refractivity contribution < 1.29 is 13.3 Å². The summed E-state index contributed by atoms with van der Waals surface area (Å²) in [6.45, 7) is 7.62. The van der Waals surface area contributed by atoms with E-state index in [9.17, 15) is 4.39 Å². The highest BCUT2D eigenvalue weighted by Gasteiger charge is 2.21. The molecule has 1 aliphatic heterocycles. The van der Waals surface area contributed by atoms with Gasteiger partial charge in [-0.15, -0.1) is 0 Å². The summed E-state index contributed by atoms with van der Waals surface area (Å²) in [7, 11) is 1.98. The maximum atomic E-state index is 12.9. The molecule has 0 saturated carbocycles. The molecule has 5 nitrogen and oxygen atoms in total. The first-order valence-corrected chi connectivity index (χ1v) is 10.4. The van der Waals surface area contributed by atoms with E-state index in [0.717, 1.165) is 44.9 Å². The van der Waals surface area contributed by atoms with Gasteiger partial charge in [0.2, 0.25) is 0 Å². The molecule has 1 saturated heterocycles. The number of hydrogen-bond donors (Lipinski definition) is 0. The van der Waals surface area contributed by atoms with E-state index in [1.165, 1.54) is 29.9 Å². The molecule has 0 N–H and O–H groups in total. The Bertz CT molecular complexity index is 724. The van der Waals surface area contributed by atoms with Crippen molar-refractivity contribution in [3.63, 3.8) is 0 Å². The normalized spacial score (nSPS) is 15.7. The highest BCUT2D eigenvalue weighted by atomic mass is 32.2. The smallest absolute Gasteiger partial charge is 0.162 e. The van der Waals surface area contributed by atoms with E-state index in [4.69, 9.17) is 8.92 Å². The van der Waals surface area contributed by atoms with E-state index >= 15 is 0 Å². The maximum absolute atomic E-state index is 12.9. The molecule has 0 unspecified atom stereocenters. The van der Waals surface area contributed by atoms with Crippen LogP contribution in [0.1, 0.15) is 12.5 Å². The van der Waals surface area contributed by atoms with E-state index in [-0.39, 0.29) is 5.82 Å². The highest BCUT2D eigenvalue weighted by molar-refractivity contribution is 7.92. The third kappa shape index (κ3) is 6.10. The predicted octanol–water partition coefficient (Wildman–Crippen LogP) is 3.87. The van der Waals surface area contributed by atoms with Crippen molar-refractivity contribution >= 4 is 12.2 Å². The summed E-state index contributed by atoms with van der Waals surface area (Å²) in [4.78, 5) is 2.42. The van der Waals surface area contributed by atoms with E-state index < -0.39 is 0 Å². The van der Waals surface area contributed by atoms with Crippen LogP contribution in [-0.4, -0.2) is 60.7 Å². The van der Waals surface area contributed by atoms with Crippen LogP contribution in [0.25, 0.3) is 0 Å². The van der Waals surface area contributed by atoms with Gasteiger partial charge in [0.05, 0.1) is 0 Å². The average Bonchev–Trinajstić information content (AvgIpc) is 2.74. The Morgan fingerprint density at radius 3 is 2.46 bits per heavy atom. The molecule has 28 heavy (non-hydrogen) atoms. The lowest BCUT2D eigenvalue weighted by atomic mass is 10.1. The number of nitrogens with zero attached hydrogens (tertiary/aromatic N) is 3. The van der Waals surface area contributed by atoms with E-state index in [1.807, 2.05) is 23.6 Å². The second kappa shape index (κ2) is 10.7. The molecule has 0 amide bonds. The first-order valence-electron chi connectivity index (χ1n) is 9.67. The standard InChI is InChI=1S/C21H28FN3O2S/c1-3-18-6-4-5-7-21(18)26-17-16-24-12-14-25(15-13-24)23(2)28-27-20-10-8-19(22)9-11-20/h4-11H,3,12-17H2,1-2H3. The highest BCUT2D eigenvalue weighted by Crippen LogP contribution is 2.21. The summed E-state index contributed by atoms with van der Waals surface area (Å²) in [5.41, 5.74) is 1.26. The van der Waals surface area contributed by atoms with Crippen LogP contribution in [0.15, 0.2) is 48.5 Å². The number of para-hydroxylation sites is 1. The quantitative estimate of drug-likeness (QED) is 0.465. The molecule has 0 aliphatic carbocycles. The van der Waals surface area contributed by atoms with Crippen molar-refractivity contribution in [1.29, 1.82) is 0 Å². The minimum Gasteiger partial charge on any atom is -0.492 e. The van der Waals surface area contributed by atoms with Gasteiger partial charge in [-0.3, -0.25) is 4.90 Å². The minimum atomic E-state index is -0.260. The number of halogens is 1. The van der Waals surface area contributed by atoms with Crippen LogP contribution in [0.3, 0.4) is 0 Å². The van der Waals surface area contributed by atoms with Gasteiger partial charge in [0, 0.05) is 39.8 Å². The Morgan fingerprint density at radius 2 is 1.75 bits per heavy atom. The van der Waals surface area contributed by atoms with Crippen molar-refractivity contribution in [2.45, 2.75) is 13.3 Å². The number of benzene rings is 2. The van der Waals surface area contributed by atoms with Crippen molar-refractivity contribution in [3.8, 4) is 11.5 Å². The van der Waals surface area contributed by atoms with Crippen LogP contribution in [0.4, 0.5) is 4.39 Å². The van der Waals surface area contributed by atoms with Gasteiger partial charge in [-0.1, -0.05) is 25.1 Å². The number of ether oxygens (including phenoxy) is 1. The van der Waals surface area contributed by atoms with Crippen molar-refractivity contribution in [3.05, 3.63) is 59.9 Å². The van der Waals surface area contributed by atoms with E-state index in [1.54, 1.807) is 12.1 Å². The molecule has 0 atom stereocenters. The maximum Gasteiger partial charge on any atom is 0.162 e. The second-order valence-electron chi connectivity index (χ2n) is 6.68. The third-order valence-corrected chi connectivity index (χ3v) is 5.53. The average molecular weight is 406 g/mol. The molecule has 152 valence electrons. The van der Waals surface area contributed by atoms with Crippen LogP contribution in [0, 0.1) is 5.82 Å². The molecule has 1 fully saturated rings. The number of rotatable bonds is 9. The van der Waals surface area contributed by atoms with Gasteiger partial charge in [0.1, 0.15) is 23.9 Å². The van der Waals surface area contributed by atoms with Gasteiger partial charge in [-0.25, -0.2) is 9.40 Å². The zero-order chi connectivity index (χ0) is 19.8. The summed E-state index contributed by atoms with van der Waals surface area (Å²) in [5.74, 6) is 1.38. The van der Waals surface area contributed by atoms with Gasteiger partial charge in [-0.05, 0) is 42.3 Å². The molecule has 1 heterocycles. The molecule has 0 aromatic heterocycles. The lowest BCUT2D eigenvalue weighted by molar-refractivity contribution is 0.0247. The van der Waals surface area contributed by atoms with Crippen LogP contribution in [-0.2, 0) is 6.42 Å². The molecule has 0 spiro atoms. The second-order valence-corrected chi connectivity index (χ2v) is 7.53. The molecule has 2 aromatic rings. The van der Waals surface area contributed by atoms with Crippen molar-refractivity contribution in [2.75, 3.05) is 46.4 Å². The van der Waals surface area contributed by atoms with Crippen LogP contribution in [0.5, 0.6) is 11.5 Å². The Morgan fingerprint density at radius 1 is 1.04 bits per heavy atom. The van der Waals surface area contributed by atoms with E-state index in [2.05, 4.69) is 29.0 Å². The fourth-order valence-corrected chi connectivity index (χ4v) is 3.66. The first kappa shape index (κ1) is 20.9. The number of aryl methyl sites for hydroxylation is 1. The van der Waals surface area contributed by atoms with Crippen LogP contribution in [0.2, 0.25) is 0 Å². The zero-order valence-corrected chi connectivity index (χ0v) is 17.3. The molecular weight excluding hydrogens is 377 g/mol. The monoisotopic (exact) mass is 405 g/mol. The largest absolute Gasteiger partial charge is 0.492 e. The summed E-state index contributed by atoms with van der Waals surface area (Å²) in [6.07, 6.45) is 0.985. The lowest BCUT2D eigenvalue weighted by Gasteiger charge is -2.37. The molecule has 3 rings (SSSR count). The van der Waals surface area contributed by atoms with Crippen molar-refractivity contribution in [1.82, 2.24) is 14.3 Å². The molecule has 2 aromatic carbocycles. The Balaban J connectivity index is 1.35. The molecule has 1 aliphatic rings. The van der Waals surface area contributed by atoms with Gasteiger partial charge in [0.15, 0.2) is 12.2 Å². The van der Waals surface area contributed by atoms with Crippen LogP contribution < -0.4 is 8.92 Å². The Kier molecular flexibility index (Phi) is 7.97. The number of hydrazine groups is 1. The summed E-state index contributed by atoms with van der Waals surface area (Å²) < 4.78 is 26.6. The van der Waals surface area contributed by atoms with Gasteiger partial charge in [0.25, 0.3) is 0 Å². The number of piperazine rings is 1. The first-order chi connectivity index (χ1) is 13.7. The van der Waals surface area contributed by atoms with Crippen LogP contribution >= 0.6 is 12.2 Å². The van der Waals surface area contributed by atoms with Gasteiger partial charge in [-0.2, -0.15) is 4.41 Å².